The van der Waals surface area contributed by atoms with Crippen LogP contribution in [0.1, 0.15) is 5.01 Å². The number of benzene rings is 2. The largest absolute Gasteiger partial charge is 0.378 e. The number of anilines is 1. The molecule has 0 bridgehead atoms. The lowest BCUT2D eigenvalue weighted by Gasteiger charge is -2.09. The average Bonchev–Trinajstić information content (AvgIpc) is 2.88. The first-order valence-corrected chi connectivity index (χ1v) is 8.04. The zero-order chi connectivity index (χ0) is 14.7. The summed E-state index contributed by atoms with van der Waals surface area (Å²) in [6.07, 6.45) is 0. The van der Waals surface area contributed by atoms with Crippen molar-refractivity contribution in [2.75, 3.05) is 5.32 Å². The Balaban J connectivity index is 1.75. The van der Waals surface area contributed by atoms with E-state index in [-0.39, 0.29) is 0 Å². The van der Waals surface area contributed by atoms with E-state index in [1.807, 2.05) is 30.3 Å². The van der Waals surface area contributed by atoms with E-state index >= 15 is 0 Å². The molecule has 0 saturated heterocycles. The van der Waals surface area contributed by atoms with Crippen LogP contribution in [-0.4, -0.2) is 10.7 Å². The smallest absolute Gasteiger partial charge is 0.288 e. The Bertz CT molecular complexity index is 710. The number of alkyl halides is 2. The second kappa shape index (κ2) is 6.41. The normalized spacial score (nSPS) is 11.2. The molecule has 3 aromatic rings. The first-order valence-electron chi connectivity index (χ1n) is 6.34. The average molecular weight is 322 g/mol. The van der Waals surface area contributed by atoms with Crippen molar-refractivity contribution < 1.29 is 8.78 Å². The summed E-state index contributed by atoms with van der Waals surface area (Å²) < 4.78 is 26.2. The second-order valence-electron chi connectivity index (χ2n) is 4.30. The number of aromatic nitrogens is 1. The number of thioether (sulfide) groups is 1. The van der Waals surface area contributed by atoms with E-state index in [4.69, 9.17) is 0 Å². The highest BCUT2D eigenvalue weighted by molar-refractivity contribution is 7.99. The summed E-state index contributed by atoms with van der Waals surface area (Å²) in [5.74, 6) is -2.42. The van der Waals surface area contributed by atoms with Gasteiger partial charge < -0.3 is 5.32 Å². The lowest BCUT2D eigenvalue weighted by atomic mass is 10.3. The SMILES string of the molecule is FC(F)Sc1ccccc1NCc1nc2ccccc2s1. The topological polar surface area (TPSA) is 24.9 Å². The number of nitrogens with zero attached hydrogens (tertiary/aromatic N) is 1. The molecule has 0 fully saturated rings. The molecule has 0 spiro atoms. The Morgan fingerprint density at radius 3 is 2.67 bits per heavy atom. The fourth-order valence-corrected chi connectivity index (χ4v) is 3.50. The van der Waals surface area contributed by atoms with Gasteiger partial charge in [0.15, 0.2) is 0 Å². The molecular weight excluding hydrogens is 310 g/mol. The van der Waals surface area contributed by atoms with Gasteiger partial charge >= 0.3 is 0 Å². The summed E-state index contributed by atoms with van der Waals surface area (Å²) in [5.41, 5.74) is 1.68. The minimum atomic E-state index is -2.42. The quantitative estimate of drug-likeness (QED) is 0.652. The van der Waals surface area contributed by atoms with Gasteiger partial charge in [0.1, 0.15) is 5.01 Å². The van der Waals surface area contributed by atoms with Gasteiger partial charge in [-0.3, -0.25) is 0 Å². The van der Waals surface area contributed by atoms with Gasteiger partial charge in [-0.15, -0.1) is 11.3 Å². The molecule has 0 aliphatic rings. The predicted octanol–water partition coefficient (Wildman–Crippen LogP) is 5.22. The van der Waals surface area contributed by atoms with E-state index < -0.39 is 5.76 Å². The molecule has 0 aliphatic heterocycles. The molecule has 108 valence electrons. The van der Waals surface area contributed by atoms with Crippen LogP contribution in [0.15, 0.2) is 53.4 Å². The molecule has 1 heterocycles. The van der Waals surface area contributed by atoms with Gasteiger partial charge in [0.25, 0.3) is 5.76 Å². The Kier molecular flexibility index (Phi) is 4.36. The number of rotatable bonds is 5. The number of fused-ring (bicyclic) bond motifs is 1. The molecule has 6 heteroatoms. The van der Waals surface area contributed by atoms with Crippen molar-refractivity contribution in [2.24, 2.45) is 0 Å². The van der Waals surface area contributed by atoms with E-state index in [1.54, 1.807) is 29.5 Å². The molecule has 1 aromatic heterocycles. The van der Waals surface area contributed by atoms with E-state index in [2.05, 4.69) is 10.3 Å². The maximum absolute atomic E-state index is 12.5. The van der Waals surface area contributed by atoms with Crippen molar-refractivity contribution in [3.05, 3.63) is 53.5 Å². The minimum Gasteiger partial charge on any atom is -0.378 e. The number of hydrogen-bond donors (Lipinski definition) is 1. The van der Waals surface area contributed by atoms with Crippen LogP contribution in [-0.2, 0) is 6.54 Å². The van der Waals surface area contributed by atoms with Crippen LogP contribution in [0.25, 0.3) is 10.2 Å². The first kappa shape index (κ1) is 14.3. The molecule has 2 aromatic carbocycles. The van der Waals surface area contributed by atoms with Gasteiger partial charge in [0.05, 0.1) is 16.8 Å². The van der Waals surface area contributed by atoms with Crippen LogP contribution >= 0.6 is 23.1 Å². The monoisotopic (exact) mass is 322 g/mol. The summed E-state index contributed by atoms with van der Waals surface area (Å²) >= 11 is 2.16. The molecule has 3 rings (SSSR count). The van der Waals surface area contributed by atoms with Crippen LogP contribution in [0.5, 0.6) is 0 Å². The van der Waals surface area contributed by atoms with Crippen LogP contribution in [0, 0.1) is 0 Å². The zero-order valence-corrected chi connectivity index (χ0v) is 12.6. The maximum Gasteiger partial charge on any atom is 0.288 e. The summed E-state index contributed by atoms with van der Waals surface area (Å²) in [7, 11) is 0. The Morgan fingerprint density at radius 2 is 1.86 bits per heavy atom. The predicted molar refractivity (Wildman–Crippen MR) is 85.2 cm³/mol. The highest BCUT2D eigenvalue weighted by Gasteiger charge is 2.10. The summed E-state index contributed by atoms with van der Waals surface area (Å²) in [5, 5.41) is 4.13. The third-order valence-corrected chi connectivity index (χ3v) is 4.70. The Hall–Kier alpha value is -1.66. The van der Waals surface area contributed by atoms with Gasteiger partial charge in [-0.05, 0) is 24.3 Å². The summed E-state index contributed by atoms with van der Waals surface area (Å²) in [6.45, 7) is 0.528. The molecule has 2 nitrogen and oxygen atoms in total. The van der Waals surface area contributed by atoms with Gasteiger partial charge in [-0.25, -0.2) is 4.98 Å². The number of nitrogens with one attached hydrogen (secondary N) is 1. The molecule has 0 aliphatic carbocycles. The lowest BCUT2D eigenvalue weighted by Crippen LogP contribution is -2.00. The summed E-state index contributed by atoms with van der Waals surface area (Å²) in [4.78, 5) is 5.07. The van der Waals surface area contributed by atoms with E-state index in [0.717, 1.165) is 15.2 Å². The third-order valence-electron chi connectivity index (χ3n) is 2.87. The molecule has 0 saturated carbocycles. The zero-order valence-electron chi connectivity index (χ0n) is 10.9. The van der Waals surface area contributed by atoms with E-state index in [0.29, 0.717) is 28.9 Å². The summed E-state index contributed by atoms with van der Waals surface area (Å²) in [6, 6.07) is 15.0. The van der Waals surface area contributed by atoms with Gasteiger partial charge in [0.2, 0.25) is 0 Å². The molecular formula is C15H12F2N2S2. The van der Waals surface area contributed by atoms with Crippen molar-refractivity contribution in [1.82, 2.24) is 4.98 Å². The number of thiazole rings is 1. The van der Waals surface area contributed by atoms with Crippen molar-refractivity contribution in [3.8, 4) is 0 Å². The van der Waals surface area contributed by atoms with E-state index in [9.17, 15) is 8.78 Å². The van der Waals surface area contributed by atoms with Gasteiger partial charge in [-0.1, -0.05) is 36.0 Å². The lowest BCUT2D eigenvalue weighted by molar-refractivity contribution is 0.252. The molecule has 0 amide bonds. The maximum atomic E-state index is 12.5. The van der Waals surface area contributed by atoms with Crippen molar-refractivity contribution in [3.63, 3.8) is 0 Å². The molecule has 0 radical (unpaired) electrons. The molecule has 0 unspecified atom stereocenters. The Labute approximate surface area is 129 Å². The molecule has 21 heavy (non-hydrogen) atoms. The van der Waals surface area contributed by atoms with Crippen LogP contribution in [0.2, 0.25) is 0 Å². The van der Waals surface area contributed by atoms with Crippen molar-refractivity contribution in [2.45, 2.75) is 17.2 Å². The first-order chi connectivity index (χ1) is 10.2. The van der Waals surface area contributed by atoms with Crippen LogP contribution in [0.3, 0.4) is 0 Å². The molecule has 0 atom stereocenters. The second-order valence-corrected chi connectivity index (χ2v) is 6.45. The fourth-order valence-electron chi connectivity index (χ4n) is 1.98. The molecule has 1 N–H and O–H groups in total. The van der Waals surface area contributed by atoms with Gasteiger partial charge in [-0.2, -0.15) is 8.78 Å². The van der Waals surface area contributed by atoms with Crippen molar-refractivity contribution in [1.29, 1.82) is 0 Å². The van der Waals surface area contributed by atoms with E-state index in [1.165, 1.54) is 0 Å². The number of halogens is 2. The third kappa shape index (κ3) is 3.51. The number of para-hydroxylation sites is 2. The highest BCUT2D eigenvalue weighted by atomic mass is 32.2. The van der Waals surface area contributed by atoms with Crippen molar-refractivity contribution >= 4 is 39.0 Å². The van der Waals surface area contributed by atoms with Crippen LogP contribution in [0.4, 0.5) is 14.5 Å². The van der Waals surface area contributed by atoms with Gasteiger partial charge in [0, 0.05) is 10.6 Å². The number of hydrogen-bond acceptors (Lipinski definition) is 4. The Morgan fingerprint density at radius 1 is 1.10 bits per heavy atom. The van der Waals surface area contributed by atoms with Crippen LogP contribution < -0.4 is 5.32 Å². The fraction of sp³-hybridized carbons (Fsp3) is 0.133. The standard InChI is InChI=1S/C15H12F2N2S2/c16-15(17)21-12-7-3-1-5-10(12)18-9-14-19-11-6-2-4-8-13(11)20-14/h1-8,15,18H,9H2. The highest BCUT2D eigenvalue weighted by Crippen LogP contribution is 2.32. The minimum absolute atomic E-state index is 0.528.